The van der Waals surface area contributed by atoms with Crippen LogP contribution in [0.15, 0.2) is 53.5 Å². The Labute approximate surface area is 156 Å². The number of carbonyl (C=O) groups is 1. The number of ether oxygens (including phenoxy) is 1. The van der Waals surface area contributed by atoms with Crippen molar-refractivity contribution in [2.45, 2.75) is 38.3 Å². The number of amides is 1. The molecule has 0 unspecified atom stereocenters. The number of aromatic nitrogens is 2. The summed E-state index contributed by atoms with van der Waals surface area (Å²) >= 11 is 0. The van der Waals surface area contributed by atoms with E-state index < -0.39 is 0 Å². The van der Waals surface area contributed by atoms with Crippen LogP contribution in [0.4, 0.5) is 0 Å². The Morgan fingerprint density at radius 1 is 1.19 bits per heavy atom. The molecule has 3 aromatic rings. The minimum absolute atomic E-state index is 0.241. The van der Waals surface area contributed by atoms with Crippen molar-refractivity contribution >= 4 is 16.7 Å². The zero-order valence-corrected chi connectivity index (χ0v) is 14.9. The fourth-order valence-electron chi connectivity index (χ4n) is 3.41. The lowest BCUT2D eigenvalue weighted by Gasteiger charge is -2.13. The minimum atomic E-state index is -0.326. The van der Waals surface area contributed by atoms with Gasteiger partial charge in [-0.2, -0.15) is 0 Å². The van der Waals surface area contributed by atoms with Gasteiger partial charge in [-0.1, -0.05) is 18.2 Å². The van der Waals surface area contributed by atoms with Gasteiger partial charge < -0.3 is 15.0 Å². The van der Waals surface area contributed by atoms with Crippen molar-refractivity contribution in [2.24, 2.45) is 0 Å². The number of nitrogens with zero attached hydrogens (tertiary/aromatic N) is 1. The summed E-state index contributed by atoms with van der Waals surface area (Å²) in [6.45, 7) is 0.331. The normalized spacial score (nSPS) is 14.4. The summed E-state index contributed by atoms with van der Waals surface area (Å²) in [5.74, 6) is 0.265. The van der Waals surface area contributed by atoms with Crippen LogP contribution in [0.3, 0.4) is 0 Å². The molecule has 1 fully saturated rings. The van der Waals surface area contributed by atoms with E-state index in [0.717, 1.165) is 23.8 Å². The molecule has 4 rings (SSSR count). The van der Waals surface area contributed by atoms with E-state index in [1.807, 2.05) is 24.3 Å². The lowest BCUT2D eigenvalue weighted by molar-refractivity contribution is 0.0945. The predicted molar refractivity (Wildman–Crippen MR) is 103 cm³/mol. The summed E-state index contributed by atoms with van der Waals surface area (Å²) in [4.78, 5) is 31.5. The van der Waals surface area contributed by atoms with Gasteiger partial charge in [0.25, 0.3) is 11.5 Å². The molecule has 1 saturated carbocycles. The average molecular weight is 363 g/mol. The maximum absolute atomic E-state index is 12.4. The number of hydrogen-bond acceptors (Lipinski definition) is 4. The highest BCUT2D eigenvalue weighted by Crippen LogP contribution is 2.23. The number of H-pyrrole nitrogens is 1. The number of carbonyl (C=O) groups excluding carboxylic acids is 1. The zero-order chi connectivity index (χ0) is 18.6. The van der Waals surface area contributed by atoms with Gasteiger partial charge >= 0.3 is 0 Å². The Morgan fingerprint density at radius 3 is 2.85 bits per heavy atom. The number of fused-ring (bicyclic) bond motifs is 1. The number of benzene rings is 1. The second kappa shape index (κ2) is 7.61. The highest BCUT2D eigenvalue weighted by Gasteiger charge is 2.17. The third kappa shape index (κ3) is 4.00. The van der Waals surface area contributed by atoms with Crippen molar-refractivity contribution in [1.82, 2.24) is 15.3 Å². The van der Waals surface area contributed by atoms with Crippen molar-refractivity contribution in [3.05, 3.63) is 70.3 Å². The summed E-state index contributed by atoms with van der Waals surface area (Å²) < 4.78 is 5.90. The first-order valence-electron chi connectivity index (χ1n) is 9.21. The summed E-state index contributed by atoms with van der Waals surface area (Å²) in [6.07, 6.45) is 6.46. The van der Waals surface area contributed by atoms with E-state index >= 15 is 0 Å². The maximum Gasteiger partial charge on any atom is 0.268 e. The van der Waals surface area contributed by atoms with Crippen LogP contribution in [-0.4, -0.2) is 22.0 Å². The van der Waals surface area contributed by atoms with Gasteiger partial charge in [0.15, 0.2) is 0 Å². The largest absolute Gasteiger partial charge is 0.474 e. The molecule has 2 heterocycles. The molecule has 27 heavy (non-hydrogen) atoms. The van der Waals surface area contributed by atoms with Crippen molar-refractivity contribution < 1.29 is 9.53 Å². The zero-order valence-electron chi connectivity index (χ0n) is 14.9. The van der Waals surface area contributed by atoms with Crippen LogP contribution in [0, 0.1) is 0 Å². The van der Waals surface area contributed by atoms with Gasteiger partial charge in [-0.3, -0.25) is 9.59 Å². The third-order valence-electron chi connectivity index (χ3n) is 4.84. The van der Waals surface area contributed by atoms with Crippen molar-refractivity contribution in [3.63, 3.8) is 0 Å². The highest BCUT2D eigenvalue weighted by molar-refractivity contribution is 5.96. The van der Waals surface area contributed by atoms with Crippen molar-refractivity contribution in [1.29, 1.82) is 0 Å². The summed E-state index contributed by atoms with van der Waals surface area (Å²) in [5.41, 5.74) is 0.874. The van der Waals surface area contributed by atoms with Crippen molar-refractivity contribution in [3.8, 4) is 5.88 Å². The van der Waals surface area contributed by atoms with E-state index in [1.54, 1.807) is 24.4 Å². The van der Waals surface area contributed by atoms with Crippen LogP contribution in [0.2, 0.25) is 0 Å². The predicted octanol–water partition coefficient (Wildman–Crippen LogP) is 3.17. The van der Waals surface area contributed by atoms with Crippen LogP contribution < -0.4 is 15.6 Å². The summed E-state index contributed by atoms with van der Waals surface area (Å²) in [5, 5.41) is 4.14. The Kier molecular flexibility index (Phi) is 4.87. The van der Waals surface area contributed by atoms with Crippen molar-refractivity contribution in [2.75, 3.05) is 0 Å². The Morgan fingerprint density at radius 2 is 2.00 bits per heavy atom. The number of rotatable bonds is 5. The Bertz CT molecular complexity index is 1020. The molecular formula is C21H21N3O3. The minimum Gasteiger partial charge on any atom is -0.474 e. The molecule has 0 atom stereocenters. The van der Waals surface area contributed by atoms with Gasteiger partial charge in [0, 0.05) is 24.2 Å². The number of pyridine rings is 2. The molecule has 0 spiro atoms. The molecule has 0 radical (unpaired) electrons. The average Bonchev–Trinajstić information content (AvgIpc) is 3.19. The number of aromatic amines is 1. The molecule has 0 aliphatic heterocycles. The Hall–Kier alpha value is -3.15. The second-order valence-electron chi connectivity index (χ2n) is 6.81. The van der Waals surface area contributed by atoms with E-state index in [9.17, 15) is 9.59 Å². The smallest absolute Gasteiger partial charge is 0.268 e. The fraction of sp³-hybridized carbons (Fsp3) is 0.286. The lowest BCUT2D eigenvalue weighted by atomic mass is 10.1. The SMILES string of the molecule is O=C(NCc1ccnc(OC2CCCC2)c1)c1cc2ccccc2c(=O)[nH]1. The Balaban J connectivity index is 1.44. The second-order valence-corrected chi connectivity index (χ2v) is 6.81. The van der Waals surface area contributed by atoms with Gasteiger partial charge in [-0.05, 0) is 54.8 Å². The summed E-state index contributed by atoms with van der Waals surface area (Å²) in [7, 11) is 0. The van der Waals surface area contributed by atoms with Crippen LogP contribution >= 0.6 is 0 Å². The van der Waals surface area contributed by atoms with Crippen LogP contribution in [0.1, 0.15) is 41.7 Å². The molecule has 138 valence electrons. The van der Waals surface area contributed by atoms with E-state index in [1.165, 1.54) is 12.8 Å². The first-order valence-corrected chi connectivity index (χ1v) is 9.21. The topological polar surface area (TPSA) is 84.1 Å². The van der Waals surface area contributed by atoms with Crippen LogP contribution in [0.5, 0.6) is 5.88 Å². The molecule has 1 aliphatic rings. The lowest BCUT2D eigenvalue weighted by Crippen LogP contribution is -2.26. The summed E-state index contributed by atoms with van der Waals surface area (Å²) in [6, 6.07) is 12.6. The third-order valence-corrected chi connectivity index (χ3v) is 4.84. The van der Waals surface area contributed by atoms with Gasteiger partial charge in [-0.15, -0.1) is 0 Å². The van der Waals surface area contributed by atoms with E-state index in [-0.39, 0.29) is 23.3 Å². The molecule has 1 amide bonds. The number of nitrogens with one attached hydrogen (secondary N) is 2. The number of hydrogen-bond donors (Lipinski definition) is 2. The highest BCUT2D eigenvalue weighted by atomic mass is 16.5. The molecular weight excluding hydrogens is 342 g/mol. The molecule has 1 aliphatic carbocycles. The maximum atomic E-state index is 12.4. The molecule has 1 aromatic carbocycles. The standard InChI is InChI=1S/C21H21N3O3/c25-20-17-8-4-1-5-15(17)12-18(24-20)21(26)23-13-14-9-10-22-19(11-14)27-16-6-2-3-7-16/h1,4-5,8-12,16H,2-3,6-7,13H2,(H,23,26)(H,24,25). The van der Waals surface area contributed by atoms with Gasteiger partial charge in [0.05, 0.1) is 0 Å². The first-order chi connectivity index (χ1) is 13.2. The molecule has 0 saturated heterocycles. The molecule has 6 heteroatoms. The van der Waals surface area contributed by atoms with Gasteiger partial charge in [0.2, 0.25) is 5.88 Å². The molecule has 6 nitrogen and oxygen atoms in total. The van der Waals surface area contributed by atoms with Crippen LogP contribution in [0.25, 0.3) is 10.8 Å². The van der Waals surface area contributed by atoms with E-state index in [0.29, 0.717) is 17.8 Å². The van der Waals surface area contributed by atoms with E-state index in [2.05, 4.69) is 15.3 Å². The van der Waals surface area contributed by atoms with Crippen LogP contribution in [-0.2, 0) is 6.54 Å². The quantitative estimate of drug-likeness (QED) is 0.729. The van der Waals surface area contributed by atoms with Gasteiger partial charge in [-0.25, -0.2) is 4.98 Å². The molecule has 2 aromatic heterocycles. The molecule has 2 N–H and O–H groups in total. The first kappa shape index (κ1) is 17.3. The molecule has 0 bridgehead atoms. The van der Waals surface area contributed by atoms with E-state index in [4.69, 9.17) is 4.74 Å². The fourth-order valence-corrected chi connectivity index (χ4v) is 3.41. The van der Waals surface area contributed by atoms with Gasteiger partial charge in [0.1, 0.15) is 11.8 Å². The monoisotopic (exact) mass is 363 g/mol.